The molecule has 1 aromatic rings. The Morgan fingerprint density at radius 3 is 2.87 bits per heavy atom. The van der Waals surface area contributed by atoms with Crippen molar-refractivity contribution in [2.45, 2.75) is 26.7 Å². The van der Waals surface area contributed by atoms with Gasteiger partial charge in [0.05, 0.1) is 0 Å². The summed E-state index contributed by atoms with van der Waals surface area (Å²) < 4.78 is 0. The number of nitrogens with two attached hydrogens (primary N) is 1. The maximum atomic E-state index is 5.54. The van der Waals surface area contributed by atoms with Gasteiger partial charge in [0.2, 0.25) is 0 Å². The normalized spacial score (nSPS) is 12.5. The molecular formula is C11H20N4. The molecule has 0 aliphatic carbocycles. The minimum absolute atomic E-state index is 0.630. The summed E-state index contributed by atoms with van der Waals surface area (Å²) in [5.41, 5.74) is 6.53. The molecule has 1 unspecified atom stereocenters. The molecule has 0 aliphatic heterocycles. The molecule has 4 heteroatoms. The van der Waals surface area contributed by atoms with E-state index in [0.29, 0.717) is 5.92 Å². The molecule has 1 atom stereocenters. The molecule has 1 aromatic heterocycles. The predicted molar refractivity (Wildman–Crippen MR) is 62.7 cm³/mol. The maximum absolute atomic E-state index is 5.54. The molecule has 15 heavy (non-hydrogen) atoms. The van der Waals surface area contributed by atoms with Gasteiger partial charge in [-0.15, -0.1) is 0 Å². The Labute approximate surface area is 91.3 Å². The standard InChI is InChI=1S/C11H20N4/c1-3-10(4-5-12)7-13-11-6-9(2)14-8-15-11/h6,8,10H,3-5,7,12H2,1-2H3,(H,13,14,15). The van der Waals surface area contributed by atoms with Crippen molar-refractivity contribution in [3.8, 4) is 0 Å². The van der Waals surface area contributed by atoms with Gasteiger partial charge < -0.3 is 11.1 Å². The third-order valence-corrected chi connectivity index (χ3v) is 2.53. The number of nitrogens with one attached hydrogen (secondary N) is 1. The first-order chi connectivity index (χ1) is 7.26. The molecular weight excluding hydrogens is 188 g/mol. The van der Waals surface area contributed by atoms with Crippen molar-refractivity contribution in [1.82, 2.24) is 9.97 Å². The molecule has 0 bridgehead atoms. The van der Waals surface area contributed by atoms with Gasteiger partial charge in [0.1, 0.15) is 12.1 Å². The molecule has 0 saturated heterocycles. The van der Waals surface area contributed by atoms with Gasteiger partial charge in [-0.05, 0) is 25.8 Å². The summed E-state index contributed by atoms with van der Waals surface area (Å²) in [6.45, 7) is 5.84. The van der Waals surface area contributed by atoms with Crippen LogP contribution < -0.4 is 11.1 Å². The number of anilines is 1. The first-order valence-electron chi connectivity index (χ1n) is 5.48. The summed E-state index contributed by atoms with van der Waals surface area (Å²) in [6.07, 6.45) is 3.80. The van der Waals surface area contributed by atoms with Gasteiger partial charge in [-0.3, -0.25) is 0 Å². The van der Waals surface area contributed by atoms with Gasteiger partial charge in [0, 0.05) is 18.3 Å². The van der Waals surface area contributed by atoms with E-state index < -0.39 is 0 Å². The largest absolute Gasteiger partial charge is 0.370 e. The Morgan fingerprint density at radius 1 is 1.47 bits per heavy atom. The van der Waals surface area contributed by atoms with Crippen LogP contribution in [0.2, 0.25) is 0 Å². The van der Waals surface area contributed by atoms with Gasteiger partial charge in [0.25, 0.3) is 0 Å². The van der Waals surface area contributed by atoms with Gasteiger partial charge in [-0.1, -0.05) is 13.3 Å². The maximum Gasteiger partial charge on any atom is 0.129 e. The van der Waals surface area contributed by atoms with Crippen molar-refractivity contribution in [2.24, 2.45) is 11.7 Å². The summed E-state index contributed by atoms with van der Waals surface area (Å²) in [5, 5.41) is 3.31. The SMILES string of the molecule is CCC(CCN)CNc1cc(C)ncn1. The Hall–Kier alpha value is -1.16. The highest BCUT2D eigenvalue weighted by atomic mass is 15.0. The van der Waals surface area contributed by atoms with E-state index in [2.05, 4.69) is 22.2 Å². The zero-order valence-corrected chi connectivity index (χ0v) is 9.53. The summed E-state index contributed by atoms with van der Waals surface area (Å²) in [6, 6.07) is 1.95. The van der Waals surface area contributed by atoms with Crippen LogP contribution in [0.5, 0.6) is 0 Å². The molecule has 3 N–H and O–H groups in total. The van der Waals surface area contributed by atoms with Gasteiger partial charge in [-0.25, -0.2) is 9.97 Å². The fraction of sp³-hybridized carbons (Fsp3) is 0.636. The van der Waals surface area contributed by atoms with E-state index in [1.807, 2.05) is 13.0 Å². The fourth-order valence-electron chi connectivity index (χ4n) is 1.49. The van der Waals surface area contributed by atoms with Crippen LogP contribution in [0.15, 0.2) is 12.4 Å². The molecule has 0 aliphatic rings. The second-order valence-electron chi connectivity index (χ2n) is 3.78. The Balaban J connectivity index is 2.41. The highest BCUT2D eigenvalue weighted by Gasteiger charge is 2.05. The van der Waals surface area contributed by atoms with E-state index >= 15 is 0 Å². The second-order valence-corrected chi connectivity index (χ2v) is 3.78. The Bertz CT molecular complexity index is 288. The van der Waals surface area contributed by atoms with E-state index in [0.717, 1.165) is 37.4 Å². The lowest BCUT2D eigenvalue weighted by atomic mass is 10.0. The molecule has 1 heterocycles. The average molecular weight is 208 g/mol. The fourth-order valence-corrected chi connectivity index (χ4v) is 1.49. The van der Waals surface area contributed by atoms with E-state index in [1.54, 1.807) is 6.33 Å². The van der Waals surface area contributed by atoms with Crippen molar-refractivity contribution >= 4 is 5.82 Å². The van der Waals surface area contributed by atoms with Crippen LogP contribution >= 0.6 is 0 Å². The van der Waals surface area contributed by atoms with E-state index in [1.165, 1.54) is 0 Å². The molecule has 84 valence electrons. The Morgan fingerprint density at radius 2 is 2.27 bits per heavy atom. The second kappa shape index (κ2) is 6.35. The van der Waals surface area contributed by atoms with Gasteiger partial charge in [-0.2, -0.15) is 0 Å². The minimum Gasteiger partial charge on any atom is -0.370 e. The molecule has 1 rings (SSSR count). The molecule has 0 spiro atoms. The van der Waals surface area contributed by atoms with E-state index in [4.69, 9.17) is 5.73 Å². The number of rotatable bonds is 6. The van der Waals surface area contributed by atoms with Crippen molar-refractivity contribution in [2.75, 3.05) is 18.4 Å². The lowest BCUT2D eigenvalue weighted by Gasteiger charge is -2.14. The zero-order chi connectivity index (χ0) is 11.1. The number of hydrogen-bond acceptors (Lipinski definition) is 4. The third-order valence-electron chi connectivity index (χ3n) is 2.53. The highest BCUT2D eigenvalue weighted by molar-refractivity contribution is 5.34. The lowest BCUT2D eigenvalue weighted by Crippen LogP contribution is -2.17. The number of aromatic nitrogens is 2. The van der Waals surface area contributed by atoms with E-state index in [-0.39, 0.29) is 0 Å². The first-order valence-corrected chi connectivity index (χ1v) is 5.48. The highest BCUT2D eigenvalue weighted by Crippen LogP contribution is 2.09. The molecule has 4 nitrogen and oxygen atoms in total. The Kier molecular flexibility index (Phi) is 5.04. The minimum atomic E-state index is 0.630. The number of nitrogens with zero attached hydrogens (tertiary/aromatic N) is 2. The van der Waals surface area contributed by atoms with Gasteiger partial charge >= 0.3 is 0 Å². The molecule has 0 amide bonds. The number of hydrogen-bond donors (Lipinski definition) is 2. The van der Waals surface area contributed by atoms with Gasteiger partial charge in [0.15, 0.2) is 0 Å². The number of aryl methyl sites for hydroxylation is 1. The van der Waals surface area contributed by atoms with Crippen LogP contribution in [0.25, 0.3) is 0 Å². The van der Waals surface area contributed by atoms with Crippen molar-refractivity contribution in [3.63, 3.8) is 0 Å². The summed E-state index contributed by atoms with van der Waals surface area (Å²) in [5.74, 6) is 1.53. The topological polar surface area (TPSA) is 63.8 Å². The van der Waals surface area contributed by atoms with Crippen molar-refractivity contribution in [3.05, 3.63) is 18.1 Å². The third kappa shape index (κ3) is 4.25. The van der Waals surface area contributed by atoms with Crippen LogP contribution in [0.4, 0.5) is 5.82 Å². The molecule has 0 saturated carbocycles. The van der Waals surface area contributed by atoms with Crippen LogP contribution in [0.1, 0.15) is 25.5 Å². The lowest BCUT2D eigenvalue weighted by molar-refractivity contribution is 0.501. The summed E-state index contributed by atoms with van der Waals surface area (Å²) in [7, 11) is 0. The van der Waals surface area contributed by atoms with Crippen molar-refractivity contribution < 1.29 is 0 Å². The van der Waals surface area contributed by atoms with Crippen LogP contribution in [0.3, 0.4) is 0 Å². The zero-order valence-electron chi connectivity index (χ0n) is 9.53. The van der Waals surface area contributed by atoms with Crippen LogP contribution in [0, 0.1) is 12.8 Å². The molecule has 0 aromatic carbocycles. The van der Waals surface area contributed by atoms with Crippen LogP contribution in [-0.2, 0) is 0 Å². The molecule has 0 fully saturated rings. The predicted octanol–water partition coefficient (Wildman–Crippen LogP) is 1.57. The summed E-state index contributed by atoms with van der Waals surface area (Å²) >= 11 is 0. The summed E-state index contributed by atoms with van der Waals surface area (Å²) in [4.78, 5) is 8.20. The van der Waals surface area contributed by atoms with E-state index in [9.17, 15) is 0 Å². The first kappa shape index (κ1) is 11.9. The van der Waals surface area contributed by atoms with Crippen LogP contribution in [-0.4, -0.2) is 23.1 Å². The quantitative estimate of drug-likeness (QED) is 0.745. The monoisotopic (exact) mass is 208 g/mol. The average Bonchev–Trinajstić information content (AvgIpc) is 2.24. The smallest absolute Gasteiger partial charge is 0.129 e. The van der Waals surface area contributed by atoms with Crippen molar-refractivity contribution in [1.29, 1.82) is 0 Å². The molecule has 0 radical (unpaired) electrons.